The number of benzene rings is 1. The molecule has 1 aromatic rings. The molecule has 1 saturated heterocycles. The van der Waals surface area contributed by atoms with Crippen LogP contribution >= 0.6 is 11.6 Å². The Kier molecular flexibility index (Phi) is 3.50. The van der Waals surface area contributed by atoms with Gasteiger partial charge in [-0.1, -0.05) is 17.7 Å². The first-order valence-electron chi connectivity index (χ1n) is 5.96. The van der Waals surface area contributed by atoms with Gasteiger partial charge in [-0.2, -0.15) is 0 Å². The van der Waals surface area contributed by atoms with Gasteiger partial charge in [0.25, 0.3) is 0 Å². The monoisotopic (exact) mass is 268 g/mol. The molecule has 0 bridgehead atoms. The Morgan fingerprint density at radius 2 is 2.06 bits per heavy atom. The zero-order valence-electron chi connectivity index (χ0n) is 10.3. The van der Waals surface area contributed by atoms with Gasteiger partial charge in [0.2, 0.25) is 0 Å². The predicted molar refractivity (Wildman–Crippen MR) is 72.2 cm³/mol. The van der Waals surface area contributed by atoms with E-state index in [1.54, 1.807) is 0 Å². The normalized spacial score (nSPS) is 18.7. The number of halogens is 1. The van der Waals surface area contributed by atoms with E-state index >= 15 is 0 Å². The molecular weight excluding hydrogens is 252 g/mol. The maximum atomic E-state index is 11.1. The largest absolute Gasteiger partial charge is 0.480 e. The molecule has 18 heavy (non-hydrogen) atoms. The van der Waals surface area contributed by atoms with Gasteiger partial charge in [0, 0.05) is 23.8 Å². The molecule has 0 aliphatic carbocycles. The van der Waals surface area contributed by atoms with E-state index < -0.39 is 11.5 Å². The molecule has 0 unspecified atom stereocenters. The van der Waals surface area contributed by atoms with Crippen molar-refractivity contribution < 1.29 is 9.90 Å². The quantitative estimate of drug-likeness (QED) is 0.861. The molecule has 0 spiro atoms. The van der Waals surface area contributed by atoms with E-state index in [-0.39, 0.29) is 0 Å². The Morgan fingerprint density at radius 1 is 1.44 bits per heavy atom. The fraction of sp³-hybridized carbons (Fsp3) is 0.462. The van der Waals surface area contributed by atoms with Crippen molar-refractivity contribution in [2.45, 2.75) is 25.3 Å². The maximum absolute atomic E-state index is 11.1. The van der Waals surface area contributed by atoms with E-state index in [2.05, 4.69) is 4.90 Å². The van der Waals surface area contributed by atoms with E-state index in [0.29, 0.717) is 25.9 Å². The number of hydrogen-bond donors (Lipinski definition) is 2. The van der Waals surface area contributed by atoms with Crippen LogP contribution < -0.4 is 10.6 Å². The molecule has 3 N–H and O–H groups in total. The van der Waals surface area contributed by atoms with Crippen molar-refractivity contribution in [3.8, 4) is 0 Å². The lowest BCUT2D eigenvalue weighted by molar-refractivity contribution is -0.144. The van der Waals surface area contributed by atoms with Gasteiger partial charge in [0.15, 0.2) is 0 Å². The lowest BCUT2D eigenvalue weighted by atomic mass is 9.88. The van der Waals surface area contributed by atoms with Crippen LogP contribution in [0.4, 0.5) is 5.69 Å². The van der Waals surface area contributed by atoms with Gasteiger partial charge in [-0.25, -0.2) is 0 Å². The molecule has 0 saturated carbocycles. The topological polar surface area (TPSA) is 66.6 Å². The number of nitrogens with zero attached hydrogens (tertiary/aromatic N) is 1. The van der Waals surface area contributed by atoms with E-state index in [4.69, 9.17) is 22.4 Å². The fourth-order valence-electron chi connectivity index (χ4n) is 2.16. The van der Waals surface area contributed by atoms with Crippen molar-refractivity contribution in [3.05, 3.63) is 28.8 Å². The van der Waals surface area contributed by atoms with Crippen molar-refractivity contribution in [1.29, 1.82) is 0 Å². The molecule has 0 aromatic heterocycles. The molecule has 1 heterocycles. The number of aryl methyl sites for hydroxylation is 1. The summed E-state index contributed by atoms with van der Waals surface area (Å²) in [6, 6.07) is 5.89. The van der Waals surface area contributed by atoms with Crippen molar-refractivity contribution in [2.24, 2.45) is 5.73 Å². The highest BCUT2D eigenvalue weighted by molar-refractivity contribution is 6.31. The number of rotatable bonds is 2. The van der Waals surface area contributed by atoms with E-state index in [1.807, 2.05) is 25.1 Å². The van der Waals surface area contributed by atoms with Gasteiger partial charge in [0.1, 0.15) is 5.54 Å². The molecule has 98 valence electrons. The minimum absolute atomic E-state index is 0.452. The number of carboxylic acids is 1. The molecule has 1 aromatic carbocycles. The molecule has 2 rings (SSSR count). The van der Waals surface area contributed by atoms with E-state index in [9.17, 15) is 4.79 Å². The molecule has 1 fully saturated rings. The lowest BCUT2D eigenvalue weighted by Crippen LogP contribution is -2.55. The summed E-state index contributed by atoms with van der Waals surface area (Å²) in [7, 11) is 0. The Bertz CT molecular complexity index is 468. The number of aliphatic carboxylic acids is 1. The van der Waals surface area contributed by atoms with Gasteiger partial charge in [-0.15, -0.1) is 0 Å². The summed E-state index contributed by atoms with van der Waals surface area (Å²) in [6.45, 7) is 3.24. The summed E-state index contributed by atoms with van der Waals surface area (Å²) in [4.78, 5) is 13.2. The molecule has 0 atom stereocenters. The second-order valence-corrected chi connectivity index (χ2v) is 5.29. The van der Waals surface area contributed by atoms with Crippen molar-refractivity contribution in [1.82, 2.24) is 0 Å². The zero-order chi connectivity index (χ0) is 13.3. The summed E-state index contributed by atoms with van der Waals surface area (Å²) < 4.78 is 0. The zero-order valence-corrected chi connectivity index (χ0v) is 11.1. The number of piperidine rings is 1. The third kappa shape index (κ3) is 2.44. The Labute approximate surface area is 111 Å². The number of carbonyl (C=O) groups is 1. The average molecular weight is 269 g/mol. The summed E-state index contributed by atoms with van der Waals surface area (Å²) in [5, 5.41) is 9.80. The second-order valence-electron chi connectivity index (χ2n) is 4.88. The van der Waals surface area contributed by atoms with Gasteiger partial charge in [0.05, 0.1) is 0 Å². The number of anilines is 1. The number of nitrogens with two attached hydrogens (primary N) is 1. The number of hydrogen-bond acceptors (Lipinski definition) is 3. The van der Waals surface area contributed by atoms with E-state index in [1.165, 1.54) is 0 Å². The van der Waals surface area contributed by atoms with Crippen LogP contribution in [-0.4, -0.2) is 29.7 Å². The van der Waals surface area contributed by atoms with Crippen LogP contribution in [0, 0.1) is 6.92 Å². The minimum Gasteiger partial charge on any atom is -0.480 e. The highest BCUT2D eigenvalue weighted by Gasteiger charge is 2.37. The molecule has 5 heteroatoms. The second kappa shape index (κ2) is 4.78. The SMILES string of the molecule is Cc1ccc(N2CCC(N)(C(=O)O)CC2)cc1Cl. The van der Waals surface area contributed by atoms with Crippen molar-refractivity contribution >= 4 is 23.3 Å². The van der Waals surface area contributed by atoms with Crippen LogP contribution in [0.1, 0.15) is 18.4 Å². The smallest absolute Gasteiger partial charge is 0.323 e. The summed E-state index contributed by atoms with van der Waals surface area (Å²) in [5.74, 6) is -0.913. The van der Waals surface area contributed by atoms with Crippen molar-refractivity contribution in [2.75, 3.05) is 18.0 Å². The third-order valence-electron chi connectivity index (χ3n) is 3.60. The standard InChI is InChI=1S/C13H17ClN2O2/c1-9-2-3-10(8-11(9)14)16-6-4-13(15,5-7-16)12(17)18/h2-3,8H,4-7,15H2,1H3,(H,17,18). The molecular formula is C13H17ClN2O2. The van der Waals surface area contributed by atoms with Gasteiger partial charge in [-0.3, -0.25) is 4.79 Å². The van der Waals surface area contributed by atoms with Crippen LogP contribution in [0.5, 0.6) is 0 Å². The molecule has 0 amide bonds. The predicted octanol–water partition coefficient (Wildman–Crippen LogP) is 2.03. The highest BCUT2D eigenvalue weighted by atomic mass is 35.5. The molecule has 4 nitrogen and oxygen atoms in total. The molecule has 0 radical (unpaired) electrons. The summed E-state index contributed by atoms with van der Waals surface area (Å²) in [5.41, 5.74) is 6.83. The van der Waals surface area contributed by atoms with Crippen LogP contribution in [0.15, 0.2) is 18.2 Å². The fourth-order valence-corrected chi connectivity index (χ4v) is 2.33. The molecule has 1 aliphatic rings. The van der Waals surface area contributed by atoms with Gasteiger partial charge in [-0.05, 0) is 37.5 Å². The Hall–Kier alpha value is -1.26. The first kappa shape index (κ1) is 13.2. The van der Waals surface area contributed by atoms with Crippen molar-refractivity contribution in [3.63, 3.8) is 0 Å². The Balaban J connectivity index is 2.10. The first-order valence-corrected chi connectivity index (χ1v) is 6.33. The summed E-state index contributed by atoms with van der Waals surface area (Å²) >= 11 is 6.09. The van der Waals surface area contributed by atoms with Crippen LogP contribution in [0.3, 0.4) is 0 Å². The highest BCUT2D eigenvalue weighted by Crippen LogP contribution is 2.28. The van der Waals surface area contributed by atoms with Crippen LogP contribution in [0.2, 0.25) is 5.02 Å². The first-order chi connectivity index (χ1) is 8.42. The molecule has 1 aliphatic heterocycles. The van der Waals surface area contributed by atoms with Crippen LogP contribution in [0.25, 0.3) is 0 Å². The Morgan fingerprint density at radius 3 is 2.56 bits per heavy atom. The average Bonchev–Trinajstić information content (AvgIpc) is 2.34. The number of carboxylic acid groups (broad SMARTS) is 1. The van der Waals surface area contributed by atoms with E-state index in [0.717, 1.165) is 16.3 Å². The van der Waals surface area contributed by atoms with Gasteiger partial charge >= 0.3 is 5.97 Å². The van der Waals surface area contributed by atoms with Gasteiger partial charge < -0.3 is 15.7 Å². The maximum Gasteiger partial charge on any atom is 0.323 e. The lowest BCUT2D eigenvalue weighted by Gasteiger charge is -2.37. The third-order valence-corrected chi connectivity index (χ3v) is 4.01. The minimum atomic E-state index is -1.08. The summed E-state index contributed by atoms with van der Waals surface area (Å²) in [6.07, 6.45) is 0.904. The van der Waals surface area contributed by atoms with Crippen LogP contribution in [-0.2, 0) is 4.79 Å².